The van der Waals surface area contributed by atoms with Gasteiger partial charge in [-0.15, -0.1) is 0 Å². The molecule has 2 fully saturated rings. The van der Waals surface area contributed by atoms with Crippen molar-refractivity contribution in [1.82, 2.24) is 20.1 Å². The lowest BCUT2D eigenvalue weighted by atomic mass is 10.2. The number of halogens is 1. The number of carbonyl (C=O) groups excluding carboxylic acids is 1. The van der Waals surface area contributed by atoms with Crippen molar-refractivity contribution in [3.05, 3.63) is 24.3 Å². The highest BCUT2D eigenvalue weighted by Crippen LogP contribution is 2.19. The molecule has 2 aliphatic rings. The second kappa shape index (κ2) is 6.26. The van der Waals surface area contributed by atoms with E-state index in [2.05, 4.69) is 10.3 Å². The Hall–Kier alpha value is -1.89. The monoisotopic (exact) mass is 293 g/mol. The van der Waals surface area contributed by atoms with Crippen LogP contribution in [0.1, 0.15) is 0 Å². The molecule has 6 nitrogen and oxygen atoms in total. The molecule has 2 amide bonds. The van der Waals surface area contributed by atoms with E-state index in [9.17, 15) is 9.18 Å². The van der Waals surface area contributed by atoms with Crippen LogP contribution in [0.5, 0.6) is 0 Å². The number of urea groups is 1. The molecule has 21 heavy (non-hydrogen) atoms. The van der Waals surface area contributed by atoms with Crippen molar-refractivity contribution in [2.24, 2.45) is 0 Å². The lowest BCUT2D eigenvalue weighted by molar-refractivity contribution is 0.144. The number of pyridine rings is 1. The highest BCUT2D eigenvalue weighted by molar-refractivity contribution is 5.75. The Kier molecular flexibility index (Phi) is 4.19. The minimum Gasteiger partial charge on any atom is -0.366 e. The molecule has 0 saturated carbocycles. The highest BCUT2D eigenvalue weighted by atomic mass is 19.1. The fourth-order valence-corrected chi connectivity index (χ4v) is 2.82. The summed E-state index contributed by atoms with van der Waals surface area (Å²) in [5.74, 6) is -0.306. The van der Waals surface area contributed by atoms with E-state index in [1.807, 2.05) is 14.7 Å². The number of anilines is 1. The molecular weight excluding hydrogens is 273 g/mol. The van der Waals surface area contributed by atoms with Crippen molar-refractivity contribution in [3.63, 3.8) is 0 Å². The Labute approximate surface area is 123 Å². The molecule has 2 aliphatic heterocycles. The molecule has 0 aromatic carbocycles. The second-order valence-electron chi connectivity index (χ2n) is 5.32. The summed E-state index contributed by atoms with van der Waals surface area (Å²) in [6.07, 6.45) is 2.82. The first-order chi connectivity index (χ1) is 10.3. The summed E-state index contributed by atoms with van der Waals surface area (Å²) in [6, 6.07) is 1.79. The van der Waals surface area contributed by atoms with Crippen LogP contribution in [0.25, 0.3) is 0 Å². The fourth-order valence-electron chi connectivity index (χ4n) is 2.82. The number of aromatic nitrogens is 1. The Morgan fingerprint density at radius 1 is 1.10 bits per heavy atom. The van der Waals surface area contributed by atoms with Crippen LogP contribution in [0.3, 0.4) is 0 Å². The SMILES string of the molecule is O=C(N1CCNCC1)N1CCN(c2ccncc2F)CC1. The maximum atomic E-state index is 13.7. The molecule has 0 spiro atoms. The third-order valence-electron chi connectivity index (χ3n) is 4.03. The number of amides is 2. The minimum atomic E-state index is -0.306. The summed E-state index contributed by atoms with van der Waals surface area (Å²) in [4.78, 5) is 21.9. The van der Waals surface area contributed by atoms with Gasteiger partial charge < -0.3 is 20.0 Å². The van der Waals surface area contributed by atoms with E-state index in [0.29, 0.717) is 31.9 Å². The van der Waals surface area contributed by atoms with Crippen molar-refractivity contribution in [1.29, 1.82) is 0 Å². The van der Waals surface area contributed by atoms with Crippen LogP contribution in [-0.2, 0) is 0 Å². The molecule has 0 aliphatic carbocycles. The first-order valence-electron chi connectivity index (χ1n) is 7.35. The summed E-state index contributed by atoms with van der Waals surface area (Å²) in [7, 11) is 0. The molecule has 1 aromatic heterocycles. The maximum Gasteiger partial charge on any atom is 0.320 e. The quantitative estimate of drug-likeness (QED) is 0.813. The molecule has 3 rings (SSSR count). The van der Waals surface area contributed by atoms with E-state index in [4.69, 9.17) is 0 Å². The van der Waals surface area contributed by atoms with Crippen LogP contribution < -0.4 is 10.2 Å². The summed E-state index contributed by atoms with van der Waals surface area (Å²) in [5, 5.41) is 3.24. The van der Waals surface area contributed by atoms with Gasteiger partial charge in [0.2, 0.25) is 0 Å². The van der Waals surface area contributed by atoms with Gasteiger partial charge in [0.25, 0.3) is 0 Å². The van der Waals surface area contributed by atoms with Gasteiger partial charge in [-0.05, 0) is 6.07 Å². The molecule has 0 radical (unpaired) electrons. The summed E-state index contributed by atoms with van der Waals surface area (Å²) in [6.45, 7) is 5.80. The van der Waals surface area contributed by atoms with Crippen molar-refractivity contribution >= 4 is 11.7 Å². The molecule has 1 N–H and O–H groups in total. The fraction of sp³-hybridized carbons (Fsp3) is 0.571. The van der Waals surface area contributed by atoms with Gasteiger partial charge in [-0.2, -0.15) is 0 Å². The van der Waals surface area contributed by atoms with Gasteiger partial charge in [-0.3, -0.25) is 4.98 Å². The zero-order valence-electron chi connectivity index (χ0n) is 12.0. The molecule has 7 heteroatoms. The van der Waals surface area contributed by atoms with Crippen molar-refractivity contribution in [2.75, 3.05) is 57.3 Å². The largest absolute Gasteiger partial charge is 0.366 e. The molecule has 114 valence electrons. The van der Waals surface area contributed by atoms with Crippen molar-refractivity contribution < 1.29 is 9.18 Å². The minimum absolute atomic E-state index is 0.103. The summed E-state index contributed by atoms with van der Waals surface area (Å²) in [5.41, 5.74) is 0.569. The molecule has 2 saturated heterocycles. The third-order valence-corrected chi connectivity index (χ3v) is 4.03. The molecule has 0 bridgehead atoms. The average Bonchev–Trinajstić information content (AvgIpc) is 2.56. The van der Waals surface area contributed by atoms with Gasteiger partial charge in [0.1, 0.15) is 0 Å². The normalized spacial score (nSPS) is 19.8. The number of nitrogens with one attached hydrogen (secondary N) is 1. The Morgan fingerprint density at radius 3 is 2.43 bits per heavy atom. The smallest absolute Gasteiger partial charge is 0.320 e. The topological polar surface area (TPSA) is 51.7 Å². The first kappa shape index (κ1) is 14.1. The van der Waals surface area contributed by atoms with Crippen LogP contribution in [0.15, 0.2) is 18.5 Å². The molecule has 1 aromatic rings. The van der Waals surface area contributed by atoms with Gasteiger partial charge in [0, 0.05) is 58.6 Å². The van der Waals surface area contributed by atoms with Gasteiger partial charge in [0.15, 0.2) is 5.82 Å². The Balaban J connectivity index is 1.57. The molecule has 3 heterocycles. The third kappa shape index (κ3) is 3.07. The summed E-state index contributed by atoms with van der Waals surface area (Å²) < 4.78 is 13.7. The van der Waals surface area contributed by atoms with Crippen molar-refractivity contribution in [3.8, 4) is 0 Å². The van der Waals surface area contributed by atoms with Crippen LogP contribution in [0.4, 0.5) is 14.9 Å². The van der Waals surface area contributed by atoms with E-state index >= 15 is 0 Å². The number of hydrogen-bond acceptors (Lipinski definition) is 4. The first-order valence-corrected chi connectivity index (χ1v) is 7.35. The highest BCUT2D eigenvalue weighted by Gasteiger charge is 2.26. The predicted molar refractivity (Wildman–Crippen MR) is 77.8 cm³/mol. The predicted octanol–water partition coefficient (Wildman–Crippen LogP) is 0.368. The van der Waals surface area contributed by atoms with E-state index in [1.54, 1.807) is 12.3 Å². The number of rotatable bonds is 1. The van der Waals surface area contributed by atoms with E-state index in [-0.39, 0.29) is 11.8 Å². The van der Waals surface area contributed by atoms with Gasteiger partial charge in [-0.25, -0.2) is 9.18 Å². The van der Waals surface area contributed by atoms with Crippen LogP contribution in [0.2, 0.25) is 0 Å². The molecule has 0 atom stereocenters. The maximum absolute atomic E-state index is 13.7. The summed E-state index contributed by atoms with van der Waals surface area (Å²) >= 11 is 0. The Bertz CT molecular complexity index is 498. The van der Waals surface area contributed by atoms with E-state index < -0.39 is 0 Å². The Morgan fingerprint density at radius 2 is 1.76 bits per heavy atom. The van der Waals surface area contributed by atoms with Gasteiger partial charge in [-0.1, -0.05) is 0 Å². The van der Waals surface area contributed by atoms with Crippen molar-refractivity contribution in [2.45, 2.75) is 0 Å². The number of carbonyl (C=O) groups is 1. The number of piperazine rings is 2. The average molecular weight is 293 g/mol. The van der Waals surface area contributed by atoms with Crippen LogP contribution in [0, 0.1) is 5.82 Å². The van der Waals surface area contributed by atoms with E-state index in [1.165, 1.54) is 6.20 Å². The zero-order chi connectivity index (χ0) is 14.7. The second-order valence-corrected chi connectivity index (χ2v) is 5.32. The van der Waals surface area contributed by atoms with Gasteiger partial charge in [0.05, 0.1) is 11.9 Å². The zero-order valence-corrected chi connectivity index (χ0v) is 12.0. The molecular formula is C14H20FN5O. The standard InChI is InChI=1S/C14H20FN5O/c15-12-11-17-2-1-13(12)18-7-9-20(10-8-18)14(21)19-5-3-16-4-6-19/h1-2,11,16H,3-10H2. The lowest BCUT2D eigenvalue weighted by Crippen LogP contribution is -2.56. The number of nitrogens with zero attached hydrogens (tertiary/aromatic N) is 4. The lowest BCUT2D eigenvalue weighted by Gasteiger charge is -2.39. The number of hydrogen-bond donors (Lipinski definition) is 1. The van der Waals surface area contributed by atoms with Crippen LogP contribution >= 0.6 is 0 Å². The van der Waals surface area contributed by atoms with E-state index in [0.717, 1.165) is 26.2 Å². The van der Waals surface area contributed by atoms with Gasteiger partial charge >= 0.3 is 6.03 Å². The molecule has 0 unspecified atom stereocenters. The van der Waals surface area contributed by atoms with Crippen LogP contribution in [-0.4, -0.2) is 73.2 Å².